The van der Waals surface area contributed by atoms with E-state index in [0.29, 0.717) is 11.3 Å². The zero-order valence-electron chi connectivity index (χ0n) is 11.2. The van der Waals surface area contributed by atoms with E-state index in [1.54, 1.807) is 12.1 Å². The molecular formula is C16H14FNO3. The van der Waals surface area contributed by atoms with Gasteiger partial charge in [0.2, 0.25) is 0 Å². The first-order valence-electron chi connectivity index (χ1n) is 6.40. The zero-order chi connectivity index (χ0) is 15.1. The molecule has 2 aromatic rings. The van der Waals surface area contributed by atoms with E-state index < -0.39 is 5.82 Å². The number of benzene rings is 1. The number of aliphatic hydroxyl groups excluding tert-OH is 1. The molecular weight excluding hydrogens is 273 g/mol. The van der Waals surface area contributed by atoms with Crippen molar-refractivity contribution >= 4 is 5.91 Å². The number of rotatable bonds is 4. The van der Waals surface area contributed by atoms with Crippen LogP contribution in [0.1, 0.15) is 28.1 Å². The van der Waals surface area contributed by atoms with E-state index in [2.05, 4.69) is 17.2 Å². The first kappa shape index (κ1) is 14.8. The first-order valence-corrected chi connectivity index (χ1v) is 6.40. The molecule has 0 saturated heterocycles. The Kier molecular flexibility index (Phi) is 5.13. The van der Waals surface area contributed by atoms with Crippen molar-refractivity contribution in [2.45, 2.75) is 13.0 Å². The summed E-state index contributed by atoms with van der Waals surface area (Å²) in [5, 5.41) is 11.4. The molecule has 2 N–H and O–H groups in total. The predicted molar refractivity (Wildman–Crippen MR) is 74.9 cm³/mol. The Morgan fingerprint density at radius 2 is 2.24 bits per heavy atom. The minimum absolute atomic E-state index is 0.0810. The van der Waals surface area contributed by atoms with Gasteiger partial charge in [0.15, 0.2) is 0 Å². The molecule has 1 aromatic heterocycles. The van der Waals surface area contributed by atoms with Gasteiger partial charge in [-0.3, -0.25) is 4.79 Å². The van der Waals surface area contributed by atoms with Crippen molar-refractivity contribution < 1.29 is 18.7 Å². The van der Waals surface area contributed by atoms with Gasteiger partial charge in [-0.1, -0.05) is 11.8 Å². The lowest BCUT2D eigenvalue weighted by Gasteiger charge is -2.06. The zero-order valence-corrected chi connectivity index (χ0v) is 11.2. The highest BCUT2D eigenvalue weighted by molar-refractivity contribution is 5.96. The standard InChI is InChI=1S/C16H14FNO3/c17-13-6-7-15(12(10-13)4-1-2-8-19)16(20)18-11-14-5-3-9-21-14/h3,5-7,9-10,19H,2,8,11H2,(H,18,20). The van der Waals surface area contributed by atoms with Crippen molar-refractivity contribution in [2.24, 2.45) is 0 Å². The highest BCUT2D eigenvalue weighted by Gasteiger charge is 2.11. The Labute approximate surface area is 121 Å². The third-order valence-corrected chi connectivity index (χ3v) is 2.69. The van der Waals surface area contributed by atoms with Crippen molar-refractivity contribution in [3.8, 4) is 11.8 Å². The molecule has 0 spiro atoms. The number of furan rings is 1. The maximum absolute atomic E-state index is 13.3. The molecule has 0 aliphatic carbocycles. The van der Waals surface area contributed by atoms with Gasteiger partial charge in [0, 0.05) is 12.0 Å². The SMILES string of the molecule is O=C(NCc1ccco1)c1ccc(F)cc1C#CCCO. The molecule has 1 heterocycles. The predicted octanol–water partition coefficient (Wildman–Crippen LogP) is 2.08. The van der Waals surface area contributed by atoms with Gasteiger partial charge in [0.05, 0.1) is 25.0 Å². The summed E-state index contributed by atoms with van der Waals surface area (Å²) in [5.74, 6) is 5.17. The van der Waals surface area contributed by atoms with E-state index in [1.807, 2.05) is 0 Å². The van der Waals surface area contributed by atoms with Gasteiger partial charge in [0.1, 0.15) is 11.6 Å². The molecule has 0 atom stereocenters. The Balaban J connectivity index is 2.14. The van der Waals surface area contributed by atoms with Crippen LogP contribution in [0.4, 0.5) is 4.39 Å². The quantitative estimate of drug-likeness (QED) is 0.846. The van der Waals surface area contributed by atoms with Crippen LogP contribution in [0.2, 0.25) is 0 Å². The molecule has 4 nitrogen and oxygen atoms in total. The Hall–Kier alpha value is -2.58. The van der Waals surface area contributed by atoms with Crippen molar-refractivity contribution in [3.05, 3.63) is 59.3 Å². The Bertz CT molecular complexity index is 669. The second-order valence-electron chi connectivity index (χ2n) is 4.23. The van der Waals surface area contributed by atoms with E-state index in [0.717, 1.165) is 0 Å². The molecule has 5 heteroatoms. The summed E-state index contributed by atoms with van der Waals surface area (Å²) in [4.78, 5) is 12.1. The monoisotopic (exact) mass is 287 g/mol. The Morgan fingerprint density at radius 1 is 1.38 bits per heavy atom. The van der Waals surface area contributed by atoms with Crippen LogP contribution in [0.25, 0.3) is 0 Å². The van der Waals surface area contributed by atoms with Gasteiger partial charge in [-0.2, -0.15) is 0 Å². The van der Waals surface area contributed by atoms with Gasteiger partial charge in [-0.05, 0) is 30.3 Å². The molecule has 21 heavy (non-hydrogen) atoms. The first-order chi connectivity index (χ1) is 10.2. The fourth-order valence-electron chi connectivity index (χ4n) is 1.71. The third-order valence-electron chi connectivity index (χ3n) is 2.69. The van der Waals surface area contributed by atoms with Crippen molar-refractivity contribution in [3.63, 3.8) is 0 Å². The van der Waals surface area contributed by atoms with E-state index in [4.69, 9.17) is 9.52 Å². The maximum Gasteiger partial charge on any atom is 0.252 e. The number of aliphatic hydroxyl groups is 1. The highest BCUT2D eigenvalue weighted by Crippen LogP contribution is 2.11. The normalized spacial score (nSPS) is 9.81. The maximum atomic E-state index is 13.3. The average Bonchev–Trinajstić information content (AvgIpc) is 2.98. The van der Waals surface area contributed by atoms with Gasteiger partial charge < -0.3 is 14.8 Å². The summed E-state index contributed by atoms with van der Waals surface area (Å²) < 4.78 is 18.4. The summed E-state index contributed by atoms with van der Waals surface area (Å²) in [6, 6.07) is 7.26. The topological polar surface area (TPSA) is 62.5 Å². The van der Waals surface area contributed by atoms with E-state index in [9.17, 15) is 9.18 Å². The fourth-order valence-corrected chi connectivity index (χ4v) is 1.71. The Morgan fingerprint density at radius 3 is 2.95 bits per heavy atom. The number of hydrogen-bond donors (Lipinski definition) is 2. The largest absolute Gasteiger partial charge is 0.467 e. The smallest absolute Gasteiger partial charge is 0.252 e. The van der Waals surface area contributed by atoms with Gasteiger partial charge >= 0.3 is 0 Å². The van der Waals surface area contributed by atoms with Crippen molar-refractivity contribution in [1.29, 1.82) is 0 Å². The minimum atomic E-state index is -0.467. The molecule has 0 fully saturated rings. The van der Waals surface area contributed by atoms with E-state index in [-0.39, 0.29) is 31.0 Å². The number of carbonyl (C=O) groups excluding carboxylic acids is 1. The molecule has 0 bridgehead atoms. The minimum Gasteiger partial charge on any atom is -0.467 e. The third kappa shape index (κ3) is 4.20. The fraction of sp³-hybridized carbons (Fsp3) is 0.188. The van der Waals surface area contributed by atoms with Crippen LogP contribution in [-0.4, -0.2) is 17.6 Å². The molecule has 0 unspecified atom stereocenters. The average molecular weight is 287 g/mol. The van der Waals surface area contributed by atoms with Crippen molar-refractivity contribution in [2.75, 3.05) is 6.61 Å². The number of hydrogen-bond acceptors (Lipinski definition) is 3. The summed E-state index contributed by atoms with van der Waals surface area (Å²) >= 11 is 0. The summed E-state index contributed by atoms with van der Waals surface area (Å²) in [6.07, 6.45) is 1.79. The molecule has 1 amide bonds. The van der Waals surface area contributed by atoms with Crippen LogP contribution in [0, 0.1) is 17.7 Å². The van der Waals surface area contributed by atoms with Gasteiger partial charge in [-0.25, -0.2) is 4.39 Å². The molecule has 2 rings (SSSR count). The summed E-state index contributed by atoms with van der Waals surface area (Å²) in [6.45, 7) is 0.162. The lowest BCUT2D eigenvalue weighted by molar-refractivity contribution is 0.0948. The number of nitrogens with one attached hydrogen (secondary N) is 1. The lowest BCUT2D eigenvalue weighted by atomic mass is 10.1. The van der Waals surface area contributed by atoms with Gasteiger partial charge in [-0.15, -0.1) is 0 Å². The number of halogens is 1. The van der Waals surface area contributed by atoms with Crippen LogP contribution in [0.15, 0.2) is 41.0 Å². The molecule has 1 aromatic carbocycles. The molecule has 0 aliphatic heterocycles. The highest BCUT2D eigenvalue weighted by atomic mass is 19.1. The van der Waals surface area contributed by atoms with Crippen LogP contribution >= 0.6 is 0 Å². The van der Waals surface area contributed by atoms with Crippen molar-refractivity contribution in [1.82, 2.24) is 5.32 Å². The molecule has 0 aliphatic rings. The van der Waals surface area contributed by atoms with Gasteiger partial charge in [0.25, 0.3) is 5.91 Å². The van der Waals surface area contributed by atoms with Crippen LogP contribution in [0.5, 0.6) is 0 Å². The second-order valence-corrected chi connectivity index (χ2v) is 4.23. The molecule has 0 saturated carbocycles. The number of amides is 1. The lowest BCUT2D eigenvalue weighted by Crippen LogP contribution is -2.23. The summed E-state index contributed by atoms with van der Waals surface area (Å²) in [7, 11) is 0. The molecule has 108 valence electrons. The second kappa shape index (κ2) is 7.27. The van der Waals surface area contributed by atoms with E-state index in [1.165, 1.54) is 24.5 Å². The number of carbonyl (C=O) groups is 1. The molecule has 0 radical (unpaired) electrons. The van der Waals surface area contributed by atoms with Crippen LogP contribution in [-0.2, 0) is 6.54 Å². The van der Waals surface area contributed by atoms with Crippen LogP contribution in [0.3, 0.4) is 0 Å². The van der Waals surface area contributed by atoms with Crippen LogP contribution < -0.4 is 5.32 Å². The van der Waals surface area contributed by atoms with E-state index >= 15 is 0 Å². The summed E-state index contributed by atoms with van der Waals surface area (Å²) in [5.41, 5.74) is 0.578.